The Morgan fingerprint density at radius 1 is 1.11 bits per heavy atom. The molecule has 4 heterocycles. The smallest absolute Gasteiger partial charge is 0.313 e. The Morgan fingerprint density at radius 3 is 2.57 bits per heavy atom. The van der Waals surface area contributed by atoms with Crippen molar-refractivity contribution in [1.29, 1.82) is 0 Å². The summed E-state index contributed by atoms with van der Waals surface area (Å²) < 4.78 is 19.0. The number of unbranched alkanes of at least 4 members (excludes halogenated alkanes) is 1. The molecule has 0 aliphatic carbocycles. The highest BCUT2D eigenvalue weighted by atomic mass is 79.9. The molecule has 4 aliphatic heterocycles. The summed E-state index contributed by atoms with van der Waals surface area (Å²) in [5.41, 5.74) is -0.725. The van der Waals surface area contributed by atoms with Gasteiger partial charge in [-0.15, -0.1) is 0 Å². The second-order valence-electron chi connectivity index (χ2n) is 12.8. The van der Waals surface area contributed by atoms with Crippen molar-refractivity contribution < 1.29 is 38.5 Å². The number of carbonyl (C=O) groups excluding carboxylic acids is 4. The maximum Gasteiger partial charge on any atom is 0.313 e. The van der Waals surface area contributed by atoms with Crippen molar-refractivity contribution in [3.63, 3.8) is 0 Å². The van der Waals surface area contributed by atoms with Crippen LogP contribution in [0.25, 0.3) is 0 Å². The van der Waals surface area contributed by atoms with Crippen LogP contribution in [-0.2, 0) is 33.4 Å². The Bertz CT molecular complexity index is 1370. The van der Waals surface area contributed by atoms with Crippen LogP contribution in [0.4, 0.5) is 0 Å². The van der Waals surface area contributed by atoms with Crippen molar-refractivity contribution in [1.82, 2.24) is 15.1 Å². The molecule has 12 heteroatoms. The molecule has 1 aromatic rings. The number of esters is 1. The lowest BCUT2D eigenvalue weighted by molar-refractivity contribution is -0.162. The number of rotatable bonds is 10. The number of aliphatic hydroxyl groups excluding tert-OH is 1. The van der Waals surface area contributed by atoms with Crippen molar-refractivity contribution in [3.05, 3.63) is 58.6 Å². The first kappa shape index (κ1) is 35.3. The summed E-state index contributed by atoms with van der Waals surface area (Å²) in [6.07, 6.45) is 7.03. The monoisotopic (exact) mass is 715 g/mol. The predicted octanol–water partition coefficient (Wildman–Crippen LogP) is 3.42. The van der Waals surface area contributed by atoms with Crippen LogP contribution in [0, 0.1) is 11.8 Å². The minimum absolute atomic E-state index is 0.0430. The lowest BCUT2D eigenvalue weighted by Crippen LogP contribution is -2.57. The molecule has 47 heavy (non-hydrogen) atoms. The topological polar surface area (TPSA) is 135 Å². The van der Waals surface area contributed by atoms with Crippen molar-refractivity contribution in [2.75, 3.05) is 33.4 Å². The normalized spacial score (nSPS) is 32.6. The number of halogens is 1. The molecule has 0 radical (unpaired) electrons. The zero-order valence-electron chi connectivity index (χ0n) is 27.3. The van der Waals surface area contributed by atoms with Crippen LogP contribution in [0.3, 0.4) is 0 Å². The molecular formula is C35H46BrN3O8. The fraction of sp³-hybridized carbons (Fsp3) is 0.600. The minimum atomic E-state index is -1.38. The first-order valence-corrected chi connectivity index (χ1v) is 17.4. The zero-order valence-corrected chi connectivity index (χ0v) is 28.9. The van der Waals surface area contributed by atoms with Crippen LogP contribution >= 0.6 is 15.9 Å². The van der Waals surface area contributed by atoms with Gasteiger partial charge in [0.15, 0.2) is 0 Å². The molecule has 5 rings (SSSR count). The zero-order chi connectivity index (χ0) is 33.7. The molecule has 256 valence electrons. The van der Waals surface area contributed by atoms with E-state index in [0.29, 0.717) is 35.9 Å². The van der Waals surface area contributed by atoms with E-state index in [2.05, 4.69) is 28.2 Å². The molecule has 8 atom stereocenters. The van der Waals surface area contributed by atoms with E-state index in [1.807, 2.05) is 49.4 Å². The fourth-order valence-corrected chi connectivity index (χ4v) is 8.27. The summed E-state index contributed by atoms with van der Waals surface area (Å²) in [5, 5.41) is 12.5. The van der Waals surface area contributed by atoms with Crippen LogP contribution in [0.2, 0.25) is 0 Å². The van der Waals surface area contributed by atoms with E-state index in [1.165, 1.54) is 7.11 Å². The summed E-state index contributed by atoms with van der Waals surface area (Å²) in [6, 6.07) is 7.27. The number of methoxy groups -OCH3 is 1. The number of nitrogens with one attached hydrogen (secondary N) is 1. The van der Waals surface area contributed by atoms with Crippen molar-refractivity contribution in [2.24, 2.45) is 11.8 Å². The molecule has 11 nitrogen and oxygen atoms in total. The Labute approximate surface area is 284 Å². The van der Waals surface area contributed by atoms with E-state index >= 15 is 0 Å². The number of nitrogens with zero attached hydrogens (tertiary/aromatic N) is 2. The number of cyclic esters (lactones) is 1. The largest absolute Gasteiger partial charge is 0.455 e. The Balaban J connectivity index is 1.61. The molecule has 2 fully saturated rings. The standard InChI is InChI=1S/C35H46BrN3O8/c1-4-13-22(2)38-17-10-6-9-16-26(41)37-25(21-45-3)29(23-14-7-5-8-15-23)46-34(44)27-28-32(42)39(18-11-12-19-40)31(33(38)43)35(28)20-24(36)30(27)47-35/h5-8,10,14-15,20,22,25,27-31,40H,4,9,11-13,16-19,21H2,1-3H3,(H,37,41)/b10-6-/t22?,25-,27+,28-,29-,30+,31+,35-/m1/s1. The van der Waals surface area contributed by atoms with Gasteiger partial charge in [-0.25, -0.2) is 0 Å². The summed E-state index contributed by atoms with van der Waals surface area (Å²) >= 11 is 3.61. The van der Waals surface area contributed by atoms with Gasteiger partial charge in [-0.3, -0.25) is 19.2 Å². The quantitative estimate of drug-likeness (QED) is 0.214. The molecule has 2 N–H and O–H groups in total. The lowest BCUT2D eigenvalue weighted by Gasteiger charge is -2.38. The van der Waals surface area contributed by atoms with Crippen LogP contribution in [0.5, 0.6) is 0 Å². The minimum Gasteiger partial charge on any atom is -0.455 e. The van der Waals surface area contributed by atoms with Gasteiger partial charge in [-0.1, -0.05) is 71.8 Å². The van der Waals surface area contributed by atoms with Crippen molar-refractivity contribution >= 4 is 39.6 Å². The third kappa shape index (κ3) is 6.93. The van der Waals surface area contributed by atoms with Crippen LogP contribution in [0.15, 0.2) is 53.0 Å². The average molecular weight is 717 g/mol. The maximum absolute atomic E-state index is 14.7. The van der Waals surface area contributed by atoms with Gasteiger partial charge in [-0.2, -0.15) is 0 Å². The number of fused-ring (bicyclic) bond motifs is 2. The SMILES string of the molecule is CCCC(C)N1C/C=C\CCC(=O)N[C@H](COC)[C@@H](c2ccccc2)OC(=O)[C@@H]2[C@H]3O[C@@]4(C=C3Br)[C@H](C1=O)N(CCCCO)C(=O)[C@@H]24. The van der Waals surface area contributed by atoms with E-state index in [4.69, 9.17) is 14.2 Å². The summed E-state index contributed by atoms with van der Waals surface area (Å²) in [4.78, 5) is 60.1. The van der Waals surface area contributed by atoms with E-state index in [0.717, 1.165) is 12.8 Å². The number of hydrogen-bond donors (Lipinski definition) is 2. The second-order valence-corrected chi connectivity index (χ2v) is 13.7. The number of allylic oxidation sites excluding steroid dienone is 1. The molecule has 1 unspecified atom stereocenters. The van der Waals surface area contributed by atoms with E-state index in [9.17, 15) is 24.3 Å². The van der Waals surface area contributed by atoms with Gasteiger partial charge < -0.3 is 34.4 Å². The molecule has 1 aromatic carbocycles. The van der Waals surface area contributed by atoms with Gasteiger partial charge >= 0.3 is 5.97 Å². The molecular weight excluding hydrogens is 670 g/mol. The molecule has 0 aromatic heterocycles. The van der Waals surface area contributed by atoms with Gasteiger partial charge in [0.25, 0.3) is 0 Å². The summed E-state index contributed by atoms with van der Waals surface area (Å²) in [5.74, 6) is -3.53. The third-order valence-electron chi connectivity index (χ3n) is 9.70. The number of amides is 3. The van der Waals surface area contributed by atoms with Crippen molar-refractivity contribution in [2.45, 2.75) is 88.3 Å². The van der Waals surface area contributed by atoms with Gasteiger partial charge in [0, 0.05) is 43.8 Å². The number of carbonyl (C=O) groups is 4. The summed E-state index contributed by atoms with van der Waals surface area (Å²) in [7, 11) is 1.52. The lowest BCUT2D eigenvalue weighted by atomic mass is 9.74. The highest BCUT2D eigenvalue weighted by Crippen LogP contribution is 2.59. The van der Waals surface area contributed by atoms with E-state index in [-0.39, 0.29) is 49.9 Å². The van der Waals surface area contributed by atoms with E-state index in [1.54, 1.807) is 15.9 Å². The summed E-state index contributed by atoms with van der Waals surface area (Å²) in [6.45, 7) is 4.61. The Kier molecular flexibility index (Phi) is 11.6. The second kappa shape index (κ2) is 15.4. The molecule has 4 aliphatic rings. The molecule has 3 amide bonds. The highest BCUT2D eigenvalue weighted by Gasteiger charge is 2.75. The van der Waals surface area contributed by atoms with Crippen LogP contribution in [0.1, 0.15) is 64.0 Å². The molecule has 0 saturated carbocycles. The fourth-order valence-electron chi connectivity index (χ4n) is 7.53. The maximum atomic E-state index is 14.7. The Morgan fingerprint density at radius 2 is 1.87 bits per heavy atom. The van der Waals surface area contributed by atoms with Gasteiger partial charge in [-0.05, 0) is 44.2 Å². The van der Waals surface area contributed by atoms with Gasteiger partial charge in [0.1, 0.15) is 29.8 Å². The number of ether oxygens (including phenoxy) is 3. The number of aliphatic hydroxyl groups is 1. The van der Waals surface area contributed by atoms with E-state index < -0.39 is 47.7 Å². The first-order chi connectivity index (χ1) is 22.7. The van der Waals surface area contributed by atoms with Crippen LogP contribution in [-0.4, -0.2) is 102 Å². The van der Waals surface area contributed by atoms with Gasteiger partial charge in [0.2, 0.25) is 17.7 Å². The van der Waals surface area contributed by atoms with Crippen molar-refractivity contribution in [3.8, 4) is 0 Å². The average Bonchev–Trinajstić information content (AvgIpc) is 3.64. The van der Waals surface area contributed by atoms with Gasteiger partial charge in [0.05, 0.1) is 18.6 Å². The number of benzene rings is 1. The first-order valence-electron chi connectivity index (χ1n) is 16.6. The molecule has 1 spiro atoms. The third-order valence-corrected chi connectivity index (χ3v) is 10.4. The molecule has 2 saturated heterocycles. The Hall–Kier alpha value is -3.06. The number of likely N-dealkylation sites (tertiary alicyclic amines) is 1. The van der Waals surface area contributed by atoms with Crippen LogP contribution < -0.4 is 5.32 Å². The number of hydrogen-bond acceptors (Lipinski definition) is 8. The predicted molar refractivity (Wildman–Crippen MR) is 177 cm³/mol. The molecule has 5 bridgehead atoms. The highest BCUT2D eigenvalue weighted by molar-refractivity contribution is 9.11.